The summed E-state index contributed by atoms with van der Waals surface area (Å²) in [4.78, 5) is 23.2. The van der Waals surface area contributed by atoms with E-state index in [1.54, 1.807) is 18.2 Å². The number of nitrogens with one attached hydrogen (secondary N) is 2. The Morgan fingerprint density at radius 1 is 1.21 bits per heavy atom. The molecular formula is C21H29N5O2. The first-order chi connectivity index (χ1) is 13.5. The van der Waals surface area contributed by atoms with Crippen molar-refractivity contribution in [3.05, 3.63) is 42.3 Å². The minimum atomic E-state index is -0.338. The second kappa shape index (κ2) is 8.91. The van der Waals surface area contributed by atoms with Crippen LogP contribution in [0.5, 0.6) is 0 Å². The molecule has 0 radical (unpaired) electrons. The van der Waals surface area contributed by atoms with Crippen LogP contribution >= 0.6 is 0 Å². The van der Waals surface area contributed by atoms with Gasteiger partial charge in [-0.15, -0.1) is 0 Å². The molecule has 1 aromatic heterocycles. The summed E-state index contributed by atoms with van der Waals surface area (Å²) in [6, 6.07) is 9.80. The highest BCUT2D eigenvalue weighted by Gasteiger charge is 2.42. The Kier molecular flexibility index (Phi) is 6.34. The van der Waals surface area contributed by atoms with E-state index in [2.05, 4.69) is 20.6 Å². The summed E-state index contributed by atoms with van der Waals surface area (Å²) in [5, 5.41) is 6.58. The summed E-state index contributed by atoms with van der Waals surface area (Å²) in [6.07, 6.45) is 5.66. The van der Waals surface area contributed by atoms with Gasteiger partial charge in [0, 0.05) is 33.3 Å². The van der Waals surface area contributed by atoms with Crippen LogP contribution in [0.15, 0.2) is 46.0 Å². The molecule has 1 heterocycles. The van der Waals surface area contributed by atoms with Crippen LogP contribution in [0.4, 0.5) is 0 Å². The Bertz CT molecular complexity index is 807. The number of aromatic nitrogens is 1. The molecule has 0 unspecified atom stereocenters. The maximum Gasteiger partial charge on any atom is 0.230 e. The van der Waals surface area contributed by atoms with Gasteiger partial charge in [-0.2, -0.15) is 0 Å². The van der Waals surface area contributed by atoms with Crippen LogP contribution in [0, 0.1) is 5.41 Å². The van der Waals surface area contributed by atoms with Crippen molar-refractivity contribution in [2.75, 3.05) is 27.7 Å². The highest BCUT2D eigenvalue weighted by Crippen LogP contribution is 2.38. The van der Waals surface area contributed by atoms with E-state index in [4.69, 9.17) is 4.42 Å². The van der Waals surface area contributed by atoms with Gasteiger partial charge in [-0.3, -0.25) is 9.79 Å². The van der Waals surface area contributed by atoms with Crippen molar-refractivity contribution in [2.24, 2.45) is 10.4 Å². The molecule has 1 aromatic carbocycles. The number of rotatable bonds is 6. The van der Waals surface area contributed by atoms with Gasteiger partial charge in [0.25, 0.3) is 0 Å². The van der Waals surface area contributed by atoms with Crippen LogP contribution in [0.25, 0.3) is 11.5 Å². The topological polar surface area (TPSA) is 82.8 Å². The monoisotopic (exact) mass is 383 g/mol. The zero-order valence-electron chi connectivity index (χ0n) is 16.9. The molecule has 28 heavy (non-hydrogen) atoms. The third-order valence-electron chi connectivity index (χ3n) is 5.25. The average Bonchev–Trinajstić information content (AvgIpc) is 3.38. The Labute approximate surface area is 166 Å². The lowest BCUT2D eigenvalue weighted by Crippen LogP contribution is -2.49. The molecule has 2 aromatic rings. The van der Waals surface area contributed by atoms with E-state index in [1.165, 1.54) is 0 Å². The highest BCUT2D eigenvalue weighted by molar-refractivity contribution is 5.85. The largest absolute Gasteiger partial charge is 0.444 e. The molecule has 7 heteroatoms. The fraction of sp³-hybridized carbons (Fsp3) is 0.476. The molecule has 1 aliphatic rings. The maximum atomic E-state index is 12.7. The van der Waals surface area contributed by atoms with Gasteiger partial charge >= 0.3 is 0 Å². The molecule has 0 aliphatic heterocycles. The molecule has 1 saturated carbocycles. The van der Waals surface area contributed by atoms with E-state index < -0.39 is 0 Å². The standard InChI is InChI=1S/C21H29N5O2/c1-22-20(24-15-21(11-7-8-12-21)19(27)26(2)3)23-13-17-14-28-18(25-17)16-9-5-4-6-10-16/h4-6,9-10,14H,7-8,11-13,15H2,1-3H3,(H2,22,23,24). The number of hydrogen-bond acceptors (Lipinski definition) is 4. The number of hydrogen-bond donors (Lipinski definition) is 2. The first kappa shape index (κ1) is 19.9. The summed E-state index contributed by atoms with van der Waals surface area (Å²) in [5.41, 5.74) is 1.40. The van der Waals surface area contributed by atoms with Crippen LogP contribution < -0.4 is 10.6 Å². The number of aliphatic imine (C=N–C) groups is 1. The van der Waals surface area contributed by atoms with Gasteiger partial charge in [0.2, 0.25) is 11.8 Å². The number of carbonyl (C=O) groups is 1. The van der Waals surface area contributed by atoms with Gasteiger partial charge in [0.15, 0.2) is 5.96 Å². The Hall–Kier alpha value is -2.83. The molecule has 1 fully saturated rings. The lowest BCUT2D eigenvalue weighted by Gasteiger charge is -2.31. The van der Waals surface area contributed by atoms with Gasteiger partial charge in [0.05, 0.1) is 17.7 Å². The van der Waals surface area contributed by atoms with E-state index in [1.807, 2.05) is 44.4 Å². The number of nitrogens with zero attached hydrogens (tertiary/aromatic N) is 3. The quantitative estimate of drug-likeness (QED) is 0.592. The normalized spacial score (nSPS) is 16.0. The van der Waals surface area contributed by atoms with E-state index >= 15 is 0 Å². The summed E-state index contributed by atoms with van der Waals surface area (Å²) in [6.45, 7) is 1.07. The first-order valence-corrected chi connectivity index (χ1v) is 9.70. The lowest BCUT2D eigenvalue weighted by molar-refractivity contribution is -0.138. The van der Waals surface area contributed by atoms with Gasteiger partial charge in [0.1, 0.15) is 6.26 Å². The molecule has 3 rings (SSSR count). The molecule has 1 amide bonds. The van der Waals surface area contributed by atoms with Gasteiger partial charge in [-0.05, 0) is 25.0 Å². The third kappa shape index (κ3) is 4.52. The summed E-state index contributed by atoms with van der Waals surface area (Å²) < 4.78 is 5.57. The zero-order chi connectivity index (χ0) is 20.0. The van der Waals surface area contributed by atoms with Crippen molar-refractivity contribution >= 4 is 11.9 Å². The SMILES string of the molecule is CN=C(NCc1coc(-c2ccccc2)n1)NCC1(C(=O)N(C)C)CCCC1. The number of carbonyl (C=O) groups excluding carboxylic acids is 1. The summed E-state index contributed by atoms with van der Waals surface area (Å²) >= 11 is 0. The van der Waals surface area contributed by atoms with Crippen LogP contribution in [0.3, 0.4) is 0 Å². The fourth-order valence-corrected chi connectivity index (χ4v) is 3.74. The molecule has 0 saturated heterocycles. The predicted molar refractivity (Wildman–Crippen MR) is 110 cm³/mol. The molecule has 7 nitrogen and oxygen atoms in total. The van der Waals surface area contributed by atoms with Crippen LogP contribution in [-0.2, 0) is 11.3 Å². The van der Waals surface area contributed by atoms with Gasteiger partial charge in [-0.25, -0.2) is 4.98 Å². The second-order valence-electron chi connectivity index (χ2n) is 7.48. The van der Waals surface area contributed by atoms with Gasteiger partial charge < -0.3 is 20.0 Å². The van der Waals surface area contributed by atoms with E-state index in [0.717, 1.165) is 36.9 Å². The number of oxazole rings is 1. The van der Waals surface area contributed by atoms with Crippen molar-refractivity contribution in [2.45, 2.75) is 32.2 Å². The predicted octanol–water partition coefficient (Wildman–Crippen LogP) is 2.66. The van der Waals surface area contributed by atoms with Crippen LogP contribution in [-0.4, -0.2) is 49.4 Å². The first-order valence-electron chi connectivity index (χ1n) is 9.70. The van der Waals surface area contributed by atoms with Crippen molar-refractivity contribution in [1.29, 1.82) is 0 Å². The molecule has 150 valence electrons. The van der Waals surface area contributed by atoms with Crippen molar-refractivity contribution < 1.29 is 9.21 Å². The average molecular weight is 383 g/mol. The Balaban J connectivity index is 1.57. The zero-order valence-corrected chi connectivity index (χ0v) is 16.9. The molecule has 0 atom stereocenters. The van der Waals surface area contributed by atoms with Crippen LogP contribution in [0.2, 0.25) is 0 Å². The second-order valence-corrected chi connectivity index (χ2v) is 7.48. The molecule has 2 N–H and O–H groups in total. The minimum absolute atomic E-state index is 0.192. The molecule has 0 spiro atoms. The lowest BCUT2D eigenvalue weighted by atomic mass is 9.84. The maximum absolute atomic E-state index is 12.7. The van der Waals surface area contributed by atoms with Crippen molar-refractivity contribution in [3.63, 3.8) is 0 Å². The smallest absolute Gasteiger partial charge is 0.230 e. The van der Waals surface area contributed by atoms with Gasteiger partial charge in [-0.1, -0.05) is 31.0 Å². The van der Waals surface area contributed by atoms with Crippen LogP contribution in [0.1, 0.15) is 31.4 Å². The molecule has 1 aliphatic carbocycles. The minimum Gasteiger partial charge on any atom is -0.444 e. The summed E-state index contributed by atoms with van der Waals surface area (Å²) in [5.74, 6) is 1.45. The van der Waals surface area contributed by atoms with Crippen molar-refractivity contribution in [3.8, 4) is 11.5 Å². The number of guanidine groups is 1. The fourth-order valence-electron chi connectivity index (χ4n) is 3.74. The van der Waals surface area contributed by atoms with E-state index in [9.17, 15) is 4.79 Å². The van der Waals surface area contributed by atoms with Crippen molar-refractivity contribution in [1.82, 2.24) is 20.5 Å². The summed E-state index contributed by atoms with van der Waals surface area (Å²) in [7, 11) is 5.37. The number of amides is 1. The molecular weight excluding hydrogens is 354 g/mol. The highest BCUT2D eigenvalue weighted by atomic mass is 16.3. The Morgan fingerprint density at radius 2 is 1.93 bits per heavy atom. The van der Waals surface area contributed by atoms with E-state index in [-0.39, 0.29) is 11.3 Å². The Morgan fingerprint density at radius 3 is 2.57 bits per heavy atom. The number of benzene rings is 1. The van der Waals surface area contributed by atoms with E-state index in [0.29, 0.717) is 24.9 Å². The third-order valence-corrected chi connectivity index (χ3v) is 5.25. The molecule has 0 bridgehead atoms.